The van der Waals surface area contributed by atoms with Crippen LogP contribution in [0.1, 0.15) is 15.9 Å². The summed E-state index contributed by atoms with van der Waals surface area (Å²) in [5.41, 5.74) is 9.85. The maximum Gasteiger partial charge on any atom is 0.194 e. The van der Waals surface area contributed by atoms with Crippen molar-refractivity contribution in [2.75, 3.05) is 5.73 Å². The second-order valence-electron chi connectivity index (χ2n) is 5.55. The van der Waals surface area contributed by atoms with Gasteiger partial charge in [0, 0.05) is 22.9 Å². The molecule has 2 N–H and O–H groups in total. The Morgan fingerprint density at radius 2 is 1.50 bits per heavy atom. The van der Waals surface area contributed by atoms with Gasteiger partial charge in [-0.25, -0.2) is 4.98 Å². The van der Waals surface area contributed by atoms with Crippen molar-refractivity contribution >= 4 is 17.2 Å². The quantitative estimate of drug-likeness (QED) is 0.585. The van der Waals surface area contributed by atoms with E-state index in [-0.39, 0.29) is 5.78 Å². The number of hydrogen-bond acceptors (Lipinski definition) is 3. The van der Waals surface area contributed by atoms with Gasteiger partial charge in [-0.15, -0.1) is 0 Å². The number of ketones is 1. The molecule has 24 heavy (non-hydrogen) atoms. The molecule has 0 amide bonds. The minimum Gasteiger partial charge on any atom is -0.382 e. The lowest BCUT2D eigenvalue weighted by molar-refractivity contribution is 0.103. The number of rotatable bonds is 3. The lowest BCUT2D eigenvalue weighted by Crippen LogP contribution is -2.03. The number of pyridine rings is 1. The van der Waals surface area contributed by atoms with Gasteiger partial charge in [-0.3, -0.25) is 9.20 Å². The molecule has 0 radical (unpaired) electrons. The number of nitrogens with two attached hydrogens (primary N) is 1. The van der Waals surface area contributed by atoms with Crippen molar-refractivity contribution in [2.24, 2.45) is 0 Å². The fourth-order valence-corrected chi connectivity index (χ4v) is 2.84. The van der Waals surface area contributed by atoms with E-state index >= 15 is 0 Å². The van der Waals surface area contributed by atoms with Crippen LogP contribution in [0.25, 0.3) is 16.9 Å². The molecule has 4 nitrogen and oxygen atoms in total. The largest absolute Gasteiger partial charge is 0.382 e. The molecule has 0 spiro atoms. The second kappa shape index (κ2) is 5.66. The standard InChI is InChI=1S/C20H15N3O/c21-20-18(14-7-3-1-4-8-14)23-13-16(11-12-17(23)22-20)19(24)15-9-5-2-6-10-15/h1-13H,21H2. The van der Waals surface area contributed by atoms with Crippen LogP contribution in [0.2, 0.25) is 0 Å². The Morgan fingerprint density at radius 3 is 2.21 bits per heavy atom. The lowest BCUT2D eigenvalue weighted by atomic mass is 10.1. The summed E-state index contributed by atoms with van der Waals surface area (Å²) in [5, 5.41) is 0. The highest BCUT2D eigenvalue weighted by Crippen LogP contribution is 2.27. The van der Waals surface area contributed by atoms with Crippen LogP contribution in [-0.4, -0.2) is 15.2 Å². The van der Waals surface area contributed by atoms with Crippen molar-refractivity contribution in [1.29, 1.82) is 0 Å². The molecule has 4 rings (SSSR count). The van der Waals surface area contributed by atoms with Gasteiger partial charge in [0.1, 0.15) is 5.65 Å². The highest BCUT2D eigenvalue weighted by molar-refractivity contribution is 6.09. The van der Waals surface area contributed by atoms with Crippen LogP contribution in [-0.2, 0) is 0 Å². The molecule has 4 aromatic rings. The number of carbonyl (C=O) groups is 1. The minimum absolute atomic E-state index is 0.0243. The van der Waals surface area contributed by atoms with Crippen LogP contribution in [0.15, 0.2) is 79.0 Å². The van der Waals surface area contributed by atoms with E-state index in [9.17, 15) is 4.79 Å². The van der Waals surface area contributed by atoms with Gasteiger partial charge in [-0.2, -0.15) is 0 Å². The van der Waals surface area contributed by atoms with E-state index in [0.29, 0.717) is 16.9 Å². The monoisotopic (exact) mass is 313 g/mol. The topological polar surface area (TPSA) is 60.4 Å². The molecule has 0 aliphatic rings. The SMILES string of the molecule is Nc1nc2ccc(C(=O)c3ccccc3)cn2c1-c1ccccc1. The number of nitrogens with zero attached hydrogens (tertiary/aromatic N) is 2. The average Bonchev–Trinajstić information content (AvgIpc) is 2.97. The first-order valence-electron chi connectivity index (χ1n) is 7.67. The Hall–Kier alpha value is -3.40. The van der Waals surface area contributed by atoms with E-state index < -0.39 is 0 Å². The van der Waals surface area contributed by atoms with E-state index in [4.69, 9.17) is 5.73 Å². The first-order valence-corrected chi connectivity index (χ1v) is 7.67. The highest BCUT2D eigenvalue weighted by Gasteiger charge is 2.15. The zero-order valence-corrected chi connectivity index (χ0v) is 12.9. The number of hydrogen-bond donors (Lipinski definition) is 1. The van der Waals surface area contributed by atoms with Crippen molar-refractivity contribution in [3.63, 3.8) is 0 Å². The summed E-state index contributed by atoms with van der Waals surface area (Å²) in [6.45, 7) is 0. The summed E-state index contributed by atoms with van der Waals surface area (Å²) in [5.74, 6) is 0.425. The van der Waals surface area contributed by atoms with Gasteiger partial charge in [0.05, 0.1) is 5.69 Å². The predicted octanol–water partition coefficient (Wildman–Crippen LogP) is 3.81. The Kier molecular flexibility index (Phi) is 3.35. The Labute approximate surface area is 139 Å². The molecule has 2 aromatic heterocycles. The Bertz CT molecular complexity index is 1020. The Balaban J connectivity index is 1.88. The van der Waals surface area contributed by atoms with Gasteiger partial charge in [-0.05, 0) is 12.1 Å². The van der Waals surface area contributed by atoms with Crippen LogP contribution < -0.4 is 5.73 Å². The highest BCUT2D eigenvalue weighted by atomic mass is 16.1. The van der Waals surface area contributed by atoms with Crippen molar-refractivity contribution < 1.29 is 4.79 Å². The average molecular weight is 313 g/mol. The molecule has 0 atom stereocenters. The molecular weight excluding hydrogens is 298 g/mol. The third-order valence-corrected chi connectivity index (χ3v) is 3.99. The summed E-state index contributed by atoms with van der Waals surface area (Å²) in [6, 6.07) is 22.6. The third-order valence-electron chi connectivity index (χ3n) is 3.99. The van der Waals surface area contributed by atoms with Crippen LogP contribution in [0.5, 0.6) is 0 Å². The van der Waals surface area contributed by atoms with Crippen LogP contribution in [0.3, 0.4) is 0 Å². The van der Waals surface area contributed by atoms with E-state index in [0.717, 1.165) is 16.9 Å². The molecule has 0 saturated heterocycles. The van der Waals surface area contributed by atoms with Gasteiger partial charge >= 0.3 is 0 Å². The van der Waals surface area contributed by atoms with E-state index in [1.54, 1.807) is 12.3 Å². The van der Waals surface area contributed by atoms with Crippen LogP contribution >= 0.6 is 0 Å². The van der Waals surface area contributed by atoms with E-state index in [1.165, 1.54) is 0 Å². The van der Waals surface area contributed by atoms with Gasteiger partial charge in [0.25, 0.3) is 0 Å². The fourth-order valence-electron chi connectivity index (χ4n) is 2.84. The van der Waals surface area contributed by atoms with Crippen molar-refractivity contribution in [3.05, 3.63) is 90.1 Å². The predicted molar refractivity (Wildman–Crippen MR) is 94.9 cm³/mol. The second-order valence-corrected chi connectivity index (χ2v) is 5.55. The molecule has 0 aliphatic carbocycles. The van der Waals surface area contributed by atoms with Gasteiger partial charge in [0.15, 0.2) is 11.6 Å². The molecule has 4 heteroatoms. The smallest absolute Gasteiger partial charge is 0.194 e. The number of nitrogen functional groups attached to an aromatic ring is 1. The Morgan fingerprint density at radius 1 is 0.833 bits per heavy atom. The maximum absolute atomic E-state index is 12.7. The van der Waals surface area contributed by atoms with Gasteiger partial charge in [0.2, 0.25) is 0 Å². The van der Waals surface area contributed by atoms with Crippen molar-refractivity contribution in [1.82, 2.24) is 9.38 Å². The summed E-state index contributed by atoms with van der Waals surface area (Å²) >= 11 is 0. The number of imidazole rings is 1. The van der Waals surface area contributed by atoms with Gasteiger partial charge < -0.3 is 5.73 Å². The number of fused-ring (bicyclic) bond motifs is 1. The molecule has 0 unspecified atom stereocenters. The third kappa shape index (κ3) is 2.34. The number of aromatic nitrogens is 2. The lowest BCUT2D eigenvalue weighted by Gasteiger charge is -2.06. The van der Waals surface area contributed by atoms with Crippen molar-refractivity contribution in [3.8, 4) is 11.3 Å². The maximum atomic E-state index is 12.7. The summed E-state index contributed by atoms with van der Waals surface area (Å²) in [4.78, 5) is 17.1. The fraction of sp³-hybridized carbons (Fsp3) is 0. The first kappa shape index (κ1) is 14.2. The molecule has 2 heterocycles. The normalized spacial score (nSPS) is 10.8. The van der Waals surface area contributed by atoms with E-state index in [2.05, 4.69) is 4.98 Å². The molecule has 2 aromatic carbocycles. The first-order chi connectivity index (χ1) is 11.7. The molecule has 0 bridgehead atoms. The van der Waals surface area contributed by atoms with Crippen LogP contribution in [0.4, 0.5) is 5.82 Å². The van der Waals surface area contributed by atoms with E-state index in [1.807, 2.05) is 71.1 Å². The molecule has 0 saturated carbocycles. The molecule has 0 fully saturated rings. The number of carbonyl (C=O) groups excluding carboxylic acids is 1. The summed E-state index contributed by atoms with van der Waals surface area (Å²) < 4.78 is 1.88. The number of benzene rings is 2. The molecule has 0 aliphatic heterocycles. The zero-order valence-electron chi connectivity index (χ0n) is 12.9. The zero-order chi connectivity index (χ0) is 16.5. The molecular formula is C20H15N3O. The van der Waals surface area contributed by atoms with Gasteiger partial charge in [-0.1, -0.05) is 60.7 Å². The van der Waals surface area contributed by atoms with Crippen LogP contribution in [0, 0.1) is 0 Å². The van der Waals surface area contributed by atoms with Crippen molar-refractivity contribution in [2.45, 2.75) is 0 Å². The number of anilines is 1. The summed E-state index contributed by atoms with van der Waals surface area (Å²) in [6.07, 6.45) is 1.80. The minimum atomic E-state index is -0.0243. The molecule has 116 valence electrons. The summed E-state index contributed by atoms with van der Waals surface area (Å²) in [7, 11) is 0.